The van der Waals surface area contributed by atoms with Crippen molar-refractivity contribution in [2.45, 2.75) is 72.1 Å². The molecule has 0 aliphatic carbocycles. The van der Waals surface area contributed by atoms with Crippen LogP contribution in [0.1, 0.15) is 58.2 Å². The van der Waals surface area contributed by atoms with Crippen LogP contribution in [-0.2, 0) is 0 Å². The van der Waals surface area contributed by atoms with E-state index in [1.165, 1.54) is 43.5 Å². The Balaban J connectivity index is 0.000000328. The van der Waals surface area contributed by atoms with Gasteiger partial charge in [0.2, 0.25) is 0 Å². The molecule has 0 saturated heterocycles. The van der Waals surface area contributed by atoms with Crippen molar-refractivity contribution >= 4 is 40.2 Å². The van der Waals surface area contributed by atoms with Gasteiger partial charge in [0.05, 0.1) is 17.1 Å². The van der Waals surface area contributed by atoms with Gasteiger partial charge in [-0.1, -0.05) is 102 Å². The molecule has 1 aliphatic rings. The molecule has 5 rings (SSSR count). The molecule has 4 aromatic rings. The predicted molar refractivity (Wildman–Crippen MR) is 179 cm³/mol. The van der Waals surface area contributed by atoms with Crippen LogP contribution in [0.3, 0.4) is 0 Å². The third-order valence-electron chi connectivity index (χ3n) is 6.01. The molecule has 4 aromatic carbocycles. The van der Waals surface area contributed by atoms with E-state index in [9.17, 15) is 0 Å². The van der Waals surface area contributed by atoms with Crippen molar-refractivity contribution in [2.24, 2.45) is 0 Å². The van der Waals surface area contributed by atoms with Gasteiger partial charge in [-0.25, -0.2) is 0 Å². The van der Waals surface area contributed by atoms with Crippen molar-refractivity contribution in [3.63, 3.8) is 0 Å². The molecule has 0 amide bonds. The highest BCUT2D eigenvalue weighted by atomic mass is 32.2. The van der Waals surface area contributed by atoms with E-state index in [1.807, 2.05) is 53.7 Å². The Kier molecular flexibility index (Phi) is 14.9. The summed E-state index contributed by atoms with van der Waals surface area (Å²) in [6.07, 6.45) is 0. The Morgan fingerprint density at radius 2 is 1.21 bits per heavy atom. The fraction of sp³-hybridized carbons (Fsp3) is 0.314. The summed E-state index contributed by atoms with van der Waals surface area (Å²) >= 11 is 1.78. The first-order chi connectivity index (χ1) is 18.9. The average molecular weight is 544 g/mol. The highest BCUT2D eigenvalue weighted by Crippen LogP contribution is 2.49. The molecule has 0 radical (unpaired) electrons. The lowest BCUT2D eigenvalue weighted by Crippen LogP contribution is -2.16. The number of para-hydroxylation sites is 3. The van der Waals surface area contributed by atoms with Crippen molar-refractivity contribution < 1.29 is 0 Å². The lowest BCUT2D eigenvalue weighted by atomic mass is 10.1. The quantitative estimate of drug-likeness (QED) is 0.255. The molecule has 1 aliphatic heterocycles. The maximum absolute atomic E-state index is 6.03. The Morgan fingerprint density at radius 3 is 1.87 bits per heavy atom. The number of hydrogen-bond acceptors (Lipinski definition) is 4. The van der Waals surface area contributed by atoms with Crippen LogP contribution in [-0.4, -0.2) is 14.1 Å². The standard InChI is InChI=1S/C16H19N.C13H12N2S.3C2H6/c1-12-9-10-14(3)16(11-12)17(4)15-8-6-5-7-13(15)2;1-15-10-6-2-3-7-11(10)16-12-8-4-5-9(14)13(12)15;3*1-2/h5-11H,1-4H3;2-8H,14H2,1H3;3*1-2H3. The second-order valence-electron chi connectivity index (χ2n) is 8.46. The summed E-state index contributed by atoms with van der Waals surface area (Å²) in [5, 5.41) is 0. The van der Waals surface area contributed by atoms with Gasteiger partial charge >= 0.3 is 0 Å². The highest BCUT2D eigenvalue weighted by molar-refractivity contribution is 7.99. The summed E-state index contributed by atoms with van der Waals surface area (Å²) in [6, 6.07) is 29.5. The van der Waals surface area contributed by atoms with Gasteiger partial charge in [0.1, 0.15) is 0 Å². The van der Waals surface area contributed by atoms with E-state index in [-0.39, 0.29) is 0 Å². The van der Waals surface area contributed by atoms with Crippen LogP contribution in [0.2, 0.25) is 0 Å². The average Bonchev–Trinajstić information content (AvgIpc) is 2.98. The molecule has 0 spiro atoms. The van der Waals surface area contributed by atoms with Crippen molar-refractivity contribution in [1.82, 2.24) is 0 Å². The van der Waals surface area contributed by atoms with Gasteiger partial charge in [-0.15, -0.1) is 0 Å². The Labute approximate surface area is 243 Å². The first-order valence-corrected chi connectivity index (χ1v) is 14.9. The number of nitrogens with two attached hydrogens (primary N) is 1. The summed E-state index contributed by atoms with van der Waals surface area (Å²) in [5.41, 5.74) is 15.7. The summed E-state index contributed by atoms with van der Waals surface area (Å²) in [7, 11) is 4.19. The molecule has 0 saturated carbocycles. The molecule has 3 nitrogen and oxygen atoms in total. The Hall–Kier alpha value is -3.37. The van der Waals surface area contributed by atoms with E-state index in [0.29, 0.717) is 0 Å². The number of nitrogen functional groups attached to an aromatic ring is 1. The fourth-order valence-electron chi connectivity index (χ4n) is 4.19. The third kappa shape index (κ3) is 8.56. The molecular formula is C35H49N3S. The van der Waals surface area contributed by atoms with E-state index in [4.69, 9.17) is 5.73 Å². The van der Waals surface area contributed by atoms with E-state index < -0.39 is 0 Å². The highest BCUT2D eigenvalue weighted by Gasteiger charge is 2.21. The number of aryl methyl sites for hydroxylation is 3. The fourth-order valence-corrected chi connectivity index (χ4v) is 5.38. The zero-order chi connectivity index (χ0) is 29.5. The summed E-state index contributed by atoms with van der Waals surface area (Å²) < 4.78 is 0. The number of anilines is 5. The van der Waals surface area contributed by atoms with Gasteiger partial charge in [0.25, 0.3) is 0 Å². The summed E-state index contributed by atoms with van der Waals surface area (Å²) in [5.74, 6) is 0. The predicted octanol–water partition coefficient (Wildman–Crippen LogP) is 11.0. The molecule has 0 bridgehead atoms. The number of fused-ring (bicyclic) bond motifs is 2. The maximum atomic E-state index is 6.03. The van der Waals surface area contributed by atoms with Crippen LogP contribution >= 0.6 is 11.8 Å². The lowest BCUT2D eigenvalue weighted by molar-refractivity contribution is 1.11. The van der Waals surface area contributed by atoms with Crippen LogP contribution in [0.15, 0.2) is 94.7 Å². The number of benzene rings is 4. The largest absolute Gasteiger partial charge is 0.397 e. The van der Waals surface area contributed by atoms with E-state index >= 15 is 0 Å². The molecule has 39 heavy (non-hydrogen) atoms. The molecule has 0 fully saturated rings. The Bertz CT molecular complexity index is 1280. The van der Waals surface area contributed by atoms with Crippen LogP contribution in [0.4, 0.5) is 28.4 Å². The number of rotatable bonds is 2. The molecule has 4 heteroatoms. The first-order valence-electron chi connectivity index (χ1n) is 14.1. The van der Waals surface area contributed by atoms with Gasteiger partial charge in [-0.3, -0.25) is 0 Å². The summed E-state index contributed by atoms with van der Waals surface area (Å²) in [4.78, 5) is 6.93. The van der Waals surface area contributed by atoms with Crippen molar-refractivity contribution in [1.29, 1.82) is 0 Å². The molecule has 2 N–H and O–H groups in total. The maximum Gasteiger partial charge on any atom is 0.0783 e. The van der Waals surface area contributed by atoms with Gasteiger partial charge in [0, 0.05) is 35.3 Å². The molecule has 0 unspecified atom stereocenters. The van der Waals surface area contributed by atoms with Crippen molar-refractivity contribution in [3.8, 4) is 0 Å². The second kappa shape index (κ2) is 17.3. The minimum atomic E-state index is 0.835. The van der Waals surface area contributed by atoms with Crippen molar-refractivity contribution in [2.75, 3.05) is 29.6 Å². The molecule has 0 aromatic heterocycles. The smallest absolute Gasteiger partial charge is 0.0783 e. The number of nitrogens with zero attached hydrogens (tertiary/aromatic N) is 2. The third-order valence-corrected chi connectivity index (χ3v) is 7.13. The summed E-state index contributed by atoms with van der Waals surface area (Å²) in [6.45, 7) is 18.4. The minimum absolute atomic E-state index is 0.835. The van der Waals surface area contributed by atoms with Crippen LogP contribution in [0, 0.1) is 20.8 Å². The molecule has 210 valence electrons. The number of hydrogen-bond donors (Lipinski definition) is 1. The van der Waals surface area contributed by atoms with E-state index in [2.05, 4.69) is 117 Å². The van der Waals surface area contributed by atoms with E-state index in [1.54, 1.807) is 11.8 Å². The molecule has 1 heterocycles. The van der Waals surface area contributed by atoms with Gasteiger partial charge in [-0.05, 0) is 73.9 Å². The second-order valence-corrected chi connectivity index (χ2v) is 9.54. The topological polar surface area (TPSA) is 32.5 Å². The van der Waals surface area contributed by atoms with Gasteiger partial charge in [0.15, 0.2) is 0 Å². The molecule has 0 atom stereocenters. The minimum Gasteiger partial charge on any atom is -0.397 e. The zero-order valence-electron chi connectivity index (χ0n) is 26.0. The lowest BCUT2D eigenvalue weighted by Gasteiger charge is -2.30. The van der Waals surface area contributed by atoms with Crippen LogP contribution in [0.5, 0.6) is 0 Å². The SMILES string of the molecule is CC.CC.CC.CN1c2ccccc2Sc2cccc(N)c21.Cc1ccc(C)c(N(C)c2ccccc2C)c1. The van der Waals surface area contributed by atoms with Crippen LogP contribution in [0.25, 0.3) is 0 Å². The Morgan fingerprint density at radius 1 is 0.641 bits per heavy atom. The van der Waals surface area contributed by atoms with Crippen LogP contribution < -0.4 is 15.5 Å². The van der Waals surface area contributed by atoms with Gasteiger partial charge in [-0.2, -0.15) is 0 Å². The zero-order valence-corrected chi connectivity index (χ0v) is 26.8. The van der Waals surface area contributed by atoms with Crippen molar-refractivity contribution in [3.05, 3.63) is 102 Å². The normalized spacial score (nSPS) is 10.4. The van der Waals surface area contributed by atoms with E-state index in [0.717, 1.165) is 11.4 Å². The monoisotopic (exact) mass is 543 g/mol. The first kappa shape index (κ1) is 33.7. The molecular weight excluding hydrogens is 494 g/mol. The van der Waals surface area contributed by atoms with Gasteiger partial charge < -0.3 is 15.5 Å².